The summed E-state index contributed by atoms with van der Waals surface area (Å²) < 4.78 is 57.1. The van der Waals surface area contributed by atoms with Gasteiger partial charge in [0.25, 0.3) is 0 Å². The van der Waals surface area contributed by atoms with Crippen molar-refractivity contribution in [1.29, 1.82) is 0 Å². The first-order valence-electron chi connectivity index (χ1n) is 10.5. The first-order chi connectivity index (χ1) is 15.0. The summed E-state index contributed by atoms with van der Waals surface area (Å²) in [7, 11) is -6.03. The molecule has 2 saturated heterocycles. The minimum Gasteiger partial charge on any atom is -0.465 e. The molecule has 0 aromatic heterocycles. The molecular formula is C20H29N3O7S2. The fourth-order valence-corrected chi connectivity index (χ4v) is 6.71. The van der Waals surface area contributed by atoms with Crippen molar-refractivity contribution < 1.29 is 31.2 Å². The smallest absolute Gasteiger partial charge is 0.339 e. The van der Waals surface area contributed by atoms with E-state index in [2.05, 4.69) is 5.32 Å². The highest BCUT2D eigenvalue weighted by Gasteiger charge is 2.35. The minimum absolute atomic E-state index is 0.0254. The summed E-state index contributed by atoms with van der Waals surface area (Å²) in [5, 5.41) is 2.93. The van der Waals surface area contributed by atoms with Gasteiger partial charge in [-0.3, -0.25) is 4.79 Å². The summed E-state index contributed by atoms with van der Waals surface area (Å²) >= 11 is 0. The third-order valence-electron chi connectivity index (χ3n) is 5.93. The van der Waals surface area contributed by atoms with Crippen LogP contribution < -0.4 is 5.32 Å². The van der Waals surface area contributed by atoms with Gasteiger partial charge in [-0.1, -0.05) is 12.1 Å². The van der Waals surface area contributed by atoms with Crippen LogP contribution in [-0.2, 0) is 29.6 Å². The van der Waals surface area contributed by atoms with E-state index in [1.54, 1.807) is 12.1 Å². The zero-order chi connectivity index (χ0) is 23.5. The van der Waals surface area contributed by atoms with Gasteiger partial charge in [-0.05, 0) is 37.8 Å². The van der Waals surface area contributed by atoms with Crippen LogP contribution in [0.4, 0.5) is 0 Å². The Morgan fingerprint density at radius 3 is 2.28 bits per heavy atom. The Morgan fingerprint density at radius 2 is 1.66 bits per heavy atom. The molecule has 2 heterocycles. The number of carbonyl (C=O) groups is 2. The van der Waals surface area contributed by atoms with Gasteiger partial charge in [0.2, 0.25) is 26.0 Å². The number of nitrogens with one attached hydrogen (secondary N) is 1. The molecule has 0 aliphatic carbocycles. The van der Waals surface area contributed by atoms with Crippen molar-refractivity contribution in [1.82, 2.24) is 13.9 Å². The van der Waals surface area contributed by atoms with Crippen LogP contribution in [0.25, 0.3) is 0 Å². The number of rotatable bonds is 6. The van der Waals surface area contributed by atoms with Gasteiger partial charge in [0.1, 0.15) is 0 Å². The SMILES string of the molecule is COC(=O)c1ccccc1S(=O)(=O)N1CCC(C(=O)NC2CCCN(S(C)(=O)=O)C2)CC1. The molecule has 32 heavy (non-hydrogen) atoms. The first kappa shape index (κ1) is 24.6. The van der Waals surface area contributed by atoms with E-state index in [0.29, 0.717) is 32.2 Å². The molecule has 1 amide bonds. The topological polar surface area (TPSA) is 130 Å². The van der Waals surface area contributed by atoms with E-state index in [9.17, 15) is 26.4 Å². The van der Waals surface area contributed by atoms with Gasteiger partial charge < -0.3 is 10.1 Å². The Labute approximate surface area is 189 Å². The molecule has 2 aliphatic heterocycles. The molecule has 0 bridgehead atoms. The molecule has 1 atom stereocenters. The van der Waals surface area contributed by atoms with Crippen molar-refractivity contribution in [3.63, 3.8) is 0 Å². The lowest BCUT2D eigenvalue weighted by Gasteiger charge is -2.34. The maximum Gasteiger partial charge on any atom is 0.339 e. The number of esters is 1. The molecule has 1 aromatic rings. The largest absolute Gasteiger partial charge is 0.465 e. The van der Waals surface area contributed by atoms with E-state index in [4.69, 9.17) is 4.74 Å². The molecule has 1 aromatic carbocycles. The quantitative estimate of drug-likeness (QED) is 0.575. The average molecular weight is 488 g/mol. The van der Waals surface area contributed by atoms with E-state index in [-0.39, 0.29) is 48.0 Å². The Balaban J connectivity index is 1.61. The first-order valence-corrected chi connectivity index (χ1v) is 13.8. The van der Waals surface area contributed by atoms with Crippen molar-refractivity contribution in [2.45, 2.75) is 36.6 Å². The second-order valence-corrected chi connectivity index (χ2v) is 12.0. The monoisotopic (exact) mass is 487 g/mol. The molecule has 0 radical (unpaired) electrons. The maximum absolute atomic E-state index is 13.1. The number of amides is 1. The van der Waals surface area contributed by atoms with Gasteiger partial charge >= 0.3 is 5.97 Å². The minimum atomic E-state index is -3.92. The third kappa shape index (κ3) is 5.48. The van der Waals surface area contributed by atoms with Gasteiger partial charge in [-0.2, -0.15) is 4.31 Å². The molecular weight excluding hydrogens is 458 g/mol. The van der Waals surface area contributed by atoms with Gasteiger partial charge in [-0.25, -0.2) is 25.9 Å². The standard InChI is InChI=1S/C20H29N3O7S2/c1-30-20(25)17-7-3-4-8-18(17)32(28,29)22-12-9-15(10-13-22)19(24)21-16-6-5-11-23(14-16)31(2,26)27/h3-4,7-8,15-16H,5-6,9-14H2,1-2H3,(H,21,24). The number of ether oxygens (including phenoxy) is 1. The highest BCUT2D eigenvalue weighted by Crippen LogP contribution is 2.27. The highest BCUT2D eigenvalue weighted by molar-refractivity contribution is 7.89. The van der Waals surface area contributed by atoms with E-state index >= 15 is 0 Å². The van der Waals surface area contributed by atoms with Crippen molar-refractivity contribution in [2.24, 2.45) is 5.92 Å². The molecule has 12 heteroatoms. The normalized spacial score (nSPS) is 21.8. The van der Waals surface area contributed by atoms with Gasteiger partial charge in [-0.15, -0.1) is 0 Å². The number of sulfonamides is 2. The highest BCUT2D eigenvalue weighted by atomic mass is 32.2. The zero-order valence-electron chi connectivity index (χ0n) is 18.2. The lowest BCUT2D eigenvalue weighted by atomic mass is 9.96. The van der Waals surface area contributed by atoms with Crippen LogP contribution in [0.15, 0.2) is 29.2 Å². The fraction of sp³-hybridized carbons (Fsp3) is 0.600. The molecule has 2 fully saturated rings. The van der Waals surface area contributed by atoms with Gasteiger partial charge in [0.15, 0.2) is 0 Å². The second-order valence-electron chi connectivity index (χ2n) is 8.13. The Bertz CT molecular complexity index is 1060. The zero-order valence-corrected chi connectivity index (χ0v) is 19.8. The van der Waals surface area contributed by atoms with Crippen LogP contribution >= 0.6 is 0 Å². The Hall–Kier alpha value is -2.02. The van der Waals surface area contributed by atoms with Crippen molar-refractivity contribution in [2.75, 3.05) is 39.5 Å². The Kier molecular flexibility index (Phi) is 7.58. The maximum atomic E-state index is 13.1. The third-order valence-corrected chi connectivity index (χ3v) is 9.16. The molecule has 0 spiro atoms. The van der Waals surface area contributed by atoms with Crippen LogP contribution in [0.1, 0.15) is 36.0 Å². The molecule has 1 unspecified atom stereocenters. The number of hydrogen-bond acceptors (Lipinski definition) is 7. The number of carbonyl (C=O) groups excluding carboxylic acids is 2. The predicted octanol–water partition coefficient (Wildman–Crippen LogP) is 0.414. The van der Waals surface area contributed by atoms with E-state index in [1.165, 1.54) is 27.9 Å². The molecule has 178 valence electrons. The van der Waals surface area contributed by atoms with Crippen molar-refractivity contribution in [3.05, 3.63) is 29.8 Å². The number of methoxy groups -OCH3 is 1. The predicted molar refractivity (Wildman–Crippen MR) is 117 cm³/mol. The van der Waals surface area contributed by atoms with Crippen LogP contribution in [-0.4, -0.2) is 82.9 Å². The van der Waals surface area contributed by atoms with Crippen LogP contribution in [0.5, 0.6) is 0 Å². The fourth-order valence-electron chi connectivity index (χ4n) is 4.15. The summed E-state index contributed by atoms with van der Waals surface area (Å²) in [5.41, 5.74) is -0.0254. The molecule has 10 nitrogen and oxygen atoms in total. The molecule has 0 saturated carbocycles. The van der Waals surface area contributed by atoms with Crippen LogP contribution in [0.2, 0.25) is 0 Å². The second kappa shape index (κ2) is 9.86. The van der Waals surface area contributed by atoms with E-state index < -0.39 is 26.0 Å². The van der Waals surface area contributed by atoms with Gasteiger partial charge in [0.05, 0.1) is 23.8 Å². The number of nitrogens with zero attached hydrogens (tertiary/aromatic N) is 2. The number of hydrogen-bond donors (Lipinski definition) is 1. The number of piperidine rings is 2. The number of benzene rings is 1. The lowest BCUT2D eigenvalue weighted by Crippen LogP contribution is -2.51. The molecule has 2 aliphatic rings. The summed E-state index contributed by atoms with van der Waals surface area (Å²) in [5.74, 6) is -1.27. The van der Waals surface area contributed by atoms with Crippen molar-refractivity contribution in [3.8, 4) is 0 Å². The lowest BCUT2D eigenvalue weighted by molar-refractivity contribution is -0.127. The van der Waals surface area contributed by atoms with Gasteiger partial charge in [0, 0.05) is 38.1 Å². The summed E-state index contributed by atoms with van der Waals surface area (Å²) in [6, 6.07) is 5.64. The van der Waals surface area contributed by atoms with Crippen LogP contribution in [0.3, 0.4) is 0 Å². The van der Waals surface area contributed by atoms with E-state index in [0.717, 1.165) is 6.26 Å². The average Bonchev–Trinajstić information content (AvgIpc) is 2.78. The summed E-state index contributed by atoms with van der Waals surface area (Å²) in [4.78, 5) is 24.6. The van der Waals surface area contributed by atoms with Crippen molar-refractivity contribution >= 4 is 31.9 Å². The molecule has 3 rings (SSSR count). The van der Waals surface area contributed by atoms with E-state index in [1.807, 2.05) is 0 Å². The summed E-state index contributed by atoms with van der Waals surface area (Å²) in [6.07, 6.45) is 3.22. The summed E-state index contributed by atoms with van der Waals surface area (Å²) in [6.45, 7) is 1.00. The van der Waals surface area contributed by atoms with Crippen LogP contribution in [0, 0.1) is 5.92 Å². The molecule has 1 N–H and O–H groups in total. The Morgan fingerprint density at radius 1 is 1.00 bits per heavy atom.